The van der Waals surface area contributed by atoms with Gasteiger partial charge < -0.3 is 5.32 Å². The van der Waals surface area contributed by atoms with Crippen molar-refractivity contribution in [3.05, 3.63) is 21.4 Å². The molecule has 0 radical (unpaired) electrons. The third-order valence-electron chi connectivity index (χ3n) is 2.94. The van der Waals surface area contributed by atoms with Crippen LogP contribution in [0.3, 0.4) is 0 Å². The average molecular weight is 282 g/mol. The Kier molecular flexibility index (Phi) is 5.16. The molecule has 0 aliphatic carbocycles. The number of amides is 1. The van der Waals surface area contributed by atoms with E-state index in [0.717, 1.165) is 0 Å². The molecule has 0 bridgehead atoms. The molecular formula is C15H26N2OS. The fourth-order valence-corrected chi connectivity index (χ4v) is 3.12. The van der Waals surface area contributed by atoms with Gasteiger partial charge in [0.1, 0.15) is 0 Å². The molecule has 1 amide bonds. The van der Waals surface area contributed by atoms with E-state index in [1.165, 1.54) is 15.3 Å². The molecule has 2 atom stereocenters. The van der Waals surface area contributed by atoms with E-state index < -0.39 is 0 Å². The van der Waals surface area contributed by atoms with Crippen molar-refractivity contribution in [2.45, 2.75) is 66.1 Å². The highest BCUT2D eigenvalue weighted by Crippen LogP contribution is 2.26. The van der Waals surface area contributed by atoms with Crippen LogP contribution < -0.4 is 10.6 Å². The molecule has 2 N–H and O–H groups in total. The maximum absolute atomic E-state index is 12.0. The summed E-state index contributed by atoms with van der Waals surface area (Å²) < 4.78 is 0. The molecule has 0 aliphatic heterocycles. The van der Waals surface area contributed by atoms with E-state index in [1.54, 1.807) is 11.3 Å². The summed E-state index contributed by atoms with van der Waals surface area (Å²) in [6, 6.07) is 2.19. The van der Waals surface area contributed by atoms with Crippen molar-refractivity contribution in [3.8, 4) is 0 Å². The molecule has 0 saturated carbocycles. The van der Waals surface area contributed by atoms with Gasteiger partial charge in [-0.05, 0) is 60.1 Å². The second kappa shape index (κ2) is 6.06. The van der Waals surface area contributed by atoms with Gasteiger partial charge in [-0.3, -0.25) is 10.1 Å². The van der Waals surface area contributed by atoms with E-state index in [-0.39, 0.29) is 23.5 Å². The lowest BCUT2D eigenvalue weighted by molar-refractivity contribution is -0.124. The minimum atomic E-state index is -0.200. The minimum Gasteiger partial charge on any atom is -0.350 e. The summed E-state index contributed by atoms with van der Waals surface area (Å²) in [5, 5.41) is 6.36. The van der Waals surface area contributed by atoms with Crippen molar-refractivity contribution in [1.82, 2.24) is 10.6 Å². The minimum absolute atomic E-state index is 0.0453. The Balaban J connectivity index is 2.64. The SMILES string of the molecule is Cc1cc(C(C)NC(C)C(=O)NC(C)(C)C)c(C)s1. The van der Waals surface area contributed by atoms with Crippen molar-refractivity contribution in [3.63, 3.8) is 0 Å². The predicted molar refractivity (Wildman–Crippen MR) is 82.7 cm³/mol. The molecule has 0 aromatic carbocycles. The molecule has 0 spiro atoms. The van der Waals surface area contributed by atoms with E-state index >= 15 is 0 Å². The van der Waals surface area contributed by atoms with Crippen molar-refractivity contribution in [2.24, 2.45) is 0 Å². The normalized spacial score (nSPS) is 15.1. The summed E-state index contributed by atoms with van der Waals surface area (Å²) in [5.74, 6) is 0.0453. The van der Waals surface area contributed by atoms with E-state index in [1.807, 2.05) is 27.7 Å². The Morgan fingerprint density at radius 1 is 1.26 bits per heavy atom. The second-order valence-electron chi connectivity index (χ2n) is 6.22. The summed E-state index contributed by atoms with van der Waals surface area (Å²) >= 11 is 1.80. The van der Waals surface area contributed by atoms with Crippen LogP contribution in [0, 0.1) is 13.8 Å². The Bertz CT molecular complexity index is 445. The zero-order chi connectivity index (χ0) is 14.8. The molecule has 0 aliphatic rings. The zero-order valence-corrected chi connectivity index (χ0v) is 13.9. The van der Waals surface area contributed by atoms with Crippen LogP contribution in [0.2, 0.25) is 0 Å². The Morgan fingerprint density at radius 2 is 1.84 bits per heavy atom. The van der Waals surface area contributed by atoms with Gasteiger partial charge in [-0.2, -0.15) is 0 Å². The van der Waals surface area contributed by atoms with E-state index in [4.69, 9.17) is 0 Å². The molecule has 19 heavy (non-hydrogen) atoms. The van der Waals surface area contributed by atoms with Crippen LogP contribution in [0.1, 0.15) is 56.0 Å². The predicted octanol–water partition coefficient (Wildman–Crippen LogP) is 3.32. The highest BCUT2D eigenvalue weighted by Gasteiger charge is 2.21. The number of hydrogen-bond donors (Lipinski definition) is 2. The molecule has 2 unspecified atom stereocenters. The van der Waals surface area contributed by atoms with Gasteiger partial charge in [-0.1, -0.05) is 0 Å². The summed E-state index contributed by atoms with van der Waals surface area (Å²) in [7, 11) is 0. The van der Waals surface area contributed by atoms with Gasteiger partial charge in [-0.15, -0.1) is 11.3 Å². The first-order valence-electron chi connectivity index (χ1n) is 6.75. The third kappa shape index (κ3) is 4.96. The molecule has 0 saturated heterocycles. The van der Waals surface area contributed by atoms with Crippen LogP contribution in [-0.4, -0.2) is 17.5 Å². The molecule has 0 fully saturated rings. The maximum Gasteiger partial charge on any atom is 0.237 e. The summed E-state index contributed by atoms with van der Waals surface area (Å²) in [4.78, 5) is 14.7. The fourth-order valence-electron chi connectivity index (χ4n) is 2.10. The van der Waals surface area contributed by atoms with Gasteiger partial charge in [0, 0.05) is 21.3 Å². The van der Waals surface area contributed by atoms with Gasteiger partial charge in [-0.25, -0.2) is 0 Å². The Hall–Kier alpha value is -0.870. The lowest BCUT2D eigenvalue weighted by Crippen LogP contribution is -2.50. The van der Waals surface area contributed by atoms with Gasteiger partial charge in [0.2, 0.25) is 5.91 Å². The quantitative estimate of drug-likeness (QED) is 0.889. The zero-order valence-electron chi connectivity index (χ0n) is 13.0. The molecule has 4 heteroatoms. The number of carbonyl (C=O) groups is 1. The summed E-state index contributed by atoms with van der Waals surface area (Å²) in [6.07, 6.45) is 0. The average Bonchev–Trinajstić information content (AvgIpc) is 2.55. The Morgan fingerprint density at radius 3 is 2.26 bits per heavy atom. The van der Waals surface area contributed by atoms with E-state index in [9.17, 15) is 4.79 Å². The van der Waals surface area contributed by atoms with Gasteiger partial charge in [0.15, 0.2) is 0 Å². The molecule has 108 valence electrons. The molecule has 3 nitrogen and oxygen atoms in total. The first-order chi connectivity index (χ1) is 8.60. The van der Waals surface area contributed by atoms with Crippen LogP contribution in [0.15, 0.2) is 6.07 Å². The topological polar surface area (TPSA) is 41.1 Å². The molecule has 1 aromatic rings. The van der Waals surface area contributed by atoms with E-state index in [2.05, 4.69) is 37.5 Å². The van der Waals surface area contributed by atoms with Gasteiger partial charge in [0.25, 0.3) is 0 Å². The van der Waals surface area contributed by atoms with E-state index in [0.29, 0.717) is 0 Å². The van der Waals surface area contributed by atoms with Crippen LogP contribution in [0.4, 0.5) is 0 Å². The standard InChI is InChI=1S/C15H26N2OS/c1-9-8-13(12(4)19-9)10(2)16-11(3)14(18)17-15(5,6)7/h8,10-11,16H,1-7H3,(H,17,18). The van der Waals surface area contributed by atoms with Crippen molar-refractivity contribution >= 4 is 17.2 Å². The van der Waals surface area contributed by atoms with Crippen LogP contribution in [0.25, 0.3) is 0 Å². The van der Waals surface area contributed by atoms with Crippen LogP contribution >= 0.6 is 11.3 Å². The second-order valence-corrected chi connectivity index (χ2v) is 7.68. The summed E-state index contributed by atoms with van der Waals surface area (Å²) in [5.41, 5.74) is 1.10. The largest absolute Gasteiger partial charge is 0.350 e. The number of hydrogen-bond acceptors (Lipinski definition) is 3. The van der Waals surface area contributed by atoms with Crippen LogP contribution in [-0.2, 0) is 4.79 Å². The fraction of sp³-hybridized carbons (Fsp3) is 0.667. The van der Waals surface area contributed by atoms with Crippen molar-refractivity contribution < 1.29 is 4.79 Å². The van der Waals surface area contributed by atoms with Gasteiger partial charge in [0.05, 0.1) is 6.04 Å². The monoisotopic (exact) mass is 282 g/mol. The number of aryl methyl sites for hydroxylation is 2. The Labute approximate surface area is 120 Å². The highest BCUT2D eigenvalue weighted by atomic mass is 32.1. The van der Waals surface area contributed by atoms with Crippen molar-refractivity contribution in [1.29, 1.82) is 0 Å². The smallest absolute Gasteiger partial charge is 0.237 e. The first-order valence-corrected chi connectivity index (χ1v) is 7.57. The molecule has 1 rings (SSSR count). The van der Waals surface area contributed by atoms with Crippen LogP contribution in [0.5, 0.6) is 0 Å². The maximum atomic E-state index is 12.0. The number of nitrogens with one attached hydrogen (secondary N) is 2. The lowest BCUT2D eigenvalue weighted by atomic mass is 10.1. The summed E-state index contributed by atoms with van der Waals surface area (Å²) in [6.45, 7) is 14.2. The number of rotatable bonds is 4. The highest BCUT2D eigenvalue weighted by molar-refractivity contribution is 7.12. The van der Waals surface area contributed by atoms with Gasteiger partial charge >= 0.3 is 0 Å². The lowest BCUT2D eigenvalue weighted by Gasteiger charge is -2.25. The number of carbonyl (C=O) groups excluding carboxylic acids is 1. The number of thiophene rings is 1. The van der Waals surface area contributed by atoms with Crippen molar-refractivity contribution in [2.75, 3.05) is 0 Å². The first kappa shape index (κ1) is 16.2. The third-order valence-corrected chi connectivity index (χ3v) is 3.92. The molecular weight excluding hydrogens is 256 g/mol. The molecule has 1 aromatic heterocycles. The molecule has 1 heterocycles.